The van der Waals surface area contributed by atoms with E-state index in [2.05, 4.69) is 15.3 Å². The molecule has 2 atom stereocenters. The molecule has 6 heteroatoms. The van der Waals surface area contributed by atoms with Gasteiger partial charge >= 0.3 is 5.97 Å². The van der Waals surface area contributed by atoms with E-state index in [0.717, 1.165) is 25.7 Å². The Labute approximate surface area is 104 Å². The highest BCUT2D eigenvalue weighted by Gasteiger charge is 2.35. The van der Waals surface area contributed by atoms with Gasteiger partial charge in [-0.15, -0.1) is 0 Å². The van der Waals surface area contributed by atoms with E-state index in [1.54, 1.807) is 0 Å². The molecule has 0 spiro atoms. The molecule has 1 aromatic heterocycles. The van der Waals surface area contributed by atoms with Gasteiger partial charge in [-0.25, -0.2) is 14.8 Å². The van der Waals surface area contributed by atoms with Crippen molar-refractivity contribution in [3.8, 4) is 0 Å². The molecule has 2 fully saturated rings. The second-order valence-corrected chi connectivity index (χ2v) is 4.83. The number of hydrogen-bond donors (Lipinski definition) is 2. The summed E-state index contributed by atoms with van der Waals surface area (Å²) in [5, 5.41) is 12.2. The van der Waals surface area contributed by atoms with Crippen LogP contribution in [0, 0.1) is 0 Å². The second kappa shape index (κ2) is 4.53. The lowest BCUT2D eigenvalue weighted by Gasteiger charge is -2.29. The Morgan fingerprint density at radius 3 is 2.61 bits per heavy atom. The number of fused-ring (bicyclic) bond motifs is 2. The van der Waals surface area contributed by atoms with Crippen molar-refractivity contribution >= 4 is 11.8 Å². The van der Waals surface area contributed by atoms with Crippen LogP contribution in [0.15, 0.2) is 12.4 Å². The van der Waals surface area contributed by atoms with E-state index < -0.39 is 5.97 Å². The average molecular weight is 249 g/mol. The lowest BCUT2D eigenvalue weighted by molar-refractivity contribution is 0.000644. The maximum absolute atomic E-state index is 11.0. The molecule has 2 unspecified atom stereocenters. The van der Waals surface area contributed by atoms with Crippen molar-refractivity contribution < 1.29 is 14.6 Å². The van der Waals surface area contributed by atoms with E-state index >= 15 is 0 Å². The molecule has 0 aromatic carbocycles. The minimum absolute atomic E-state index is 0.0173. The summed E-state index contributed by atoms with van der Waals surface area (Å²) in [7, 11) is 0. The summed E-state index contributed by atoms with van der Waals surface area (Å²) in [4.78, 5) is 18.9. The van der Waals surface area contributed by atoms with Gasteiger partial charge in [0.2, 0.25) is 0 Å². The van der Waals surface area contributed by atoms with Gasteiger partial charge in [0.05, 0.1) is 12.2 Å². The number of carbonyl (C=O) groups is 1. The largest absolute Gasteiger partial charge is 0.476 e. The Morgan fingerprint density at radius 2 is 1.94 bits per heavy atom. The number of carboxylic acid groups (broad SMARTS) is 1. The number of rotatable bonds is 3. The van der Waals surface area contributed by atoms with Gasteiger partial charge in [0.15, 0.2) is 11.5 Å². The minimum Gasteiger partial charge on any atom is -0.476 e. The molecular formula is C12H15N3O3. The molecule has 18 heavy (non-hydrogen) atoms. The third kappa shape index (κ3) is 2.15. The molecule has 2 bridgehead atoms. The SMILES string of the molecule is O=C(O)c1nccnc1NC1CC2CCC(C1)O2. The maximum Gasteiger partial charge on any atom is 0.358 e. The number of ether oxygens (including phenoxy) is 1. The van der Waals surface area contributed by atoms with Crippen molar-refractivity contribution in [3.05, 3.63) is 18.1 Å². The first-order valence-electron chi connectivity index (χ1n) is 6.18. The first kappa shape index (κ1) is 11.4. The molecule has 2 N–H and O–H groups in total. The highest BCUT2D eigenvalue weighted by Crippen LogP contribution is 2.33. The molecule has 96 valence electrons. The van der Waals surface area contributed by atoms with Crippen LogP contribution in [0.2, 0.25) is 0 Å². The molecule has 2 aliphatic heterocycles. The standard InChI is InChI=1S/C12H15N3O3/c16-12(17)10-11(14-4-3-13-10)15-7-5-8-1-2-9(6-7)18-8/h3-4,7-9H,1-2,5-6H2,(H,14,15)(H,16,17). The van der Waals surface area contributed by atoms with Gasteiger partial charge in [-0.3, -0.25) is 0 Å². The molecule has 3 heterocycles. The summed E-state index contributed by atoms with van der Waals surface area (Å²) in [6.07, 6.45) is 7.55. The zero-order valence-corrected chi connectivity index (χ0v) is 9.87. The summed E-state index contributed by atoms with van der Waals surface area (Å²) in [6.45, 7) is 0. The summed E-state index contributed by atoms with van der Waals surface area (Å²) in [5.41, 5.74) is -0.0173. The fourth-order valence-corrected chi connectivity index (χ4v) is 2.77. The lowest BCUT2D eigenvalue weighted by atomic mass is 10.0. The van der Waals surface area contributed by atoms with Crippen molar-refractivity contribution in [2.24, 2.45) is 0 Å². The van der Waals surface area contributed by atoms with Crippen LogP contribution in [0.4, 0.5) is 5.82 Å². The Bertz CT molecular complexity index is 454. The number of nitrogens with one attached hydrogen (secondary N) is 1. The van der Waals surface area contributed by atoms with E-state index in [0.29, 0.717) is 18.0 Å². The first-order valence-corrected chi connectivity index (χ1v) is 6.18. The zero-order valence-electron chi connectivity index (χ0n) is 9.87. The van der Waals surface area contributed by atoms with Crippen molar-refractivity contribution in [2.75, 3.05) is 5.32 Å². The van der Waals surface area contributed by atoms with Crippen molar-refractivity contribution in [1.29, 1.82) is 0 Å². The van der Waals surface area contributed by atoms with Gasteiger partial charge in [-0.1, -0.05) is 0 Å². The summed E-state index contributed by atoms with van der Waals surface area (Å²) >= 11 is 0. The molecule has 2 saturated heterocycles. The zero-order chi connectivity index (χ0) is 12.5. The maximum atomic E-state index is 11.0. The van der Waals surface area contributed by atoms with Crippen LogP contribution in [0.25, 0.3) is 0 Å². The average Bonchev–Trinajstić information content (AvgIpc) is 2.69. The molecule has 0 saturated carbocycles. The van der Waals surface area contributed by atoms with Gasteiger partial charge in [0.25, 0.3) is 0 Å². The summed E-state index contributed by atoms with van der Waals surface area (Å²) in [6, 6.07) is 0.228. The minimum atomic E-state index is -1.05. The van der Waals surface area contributed by atoms with Crippen molar-refractivity contribution in [2.45, 2.75) is 43.9 Å². The quantitative estimate of drug-likeness (QED) is 0.839. The van der Waals surface area contributed by atoms with Crippen molar-refractivity contribution in [3.63, 3.8) is 0 Å². The fourth-order valence-electron chi connectivity index (χ4n) is 2.77. The summed E-state index contributed by atoms with van der Waals surface area (Å²) < 4.78 is 5.75. The van der Waals surface area contributed by atoms with E-state index in [1.807, 2.05) is 0 Å². The first-order chi connectivity index (χ1) is 8.72. The number of aromatic nitrogens is 2. The van der Waals surface area contributed by atoms with Crippen LogP contribution in [0.1, 0.15) is 36.2 Å². The predicted molar refractivity (Wildman–Crippen MR) is 63.5 cm³/mol. The van der Waals surface area contributed by atoms with E-state index in [1.165, 1.54) is 12.4 Å². The van der Waals surface area contributed by atoms with Gasteiger partial charge in [-0.05, 0) is 25.7 Å². The topological polar surface area (TPSA) is 84.3 Å². The van der Waals surface area contributed by atoms with Crippen molar-refractivity contribution in [1.82, 2.24) is 9.97 Å². The van der Waals surface area contributed by atoms with E-state index in [-0.39, 0.29) is 11.7 Å². The Kier molecular flexibility index (Phi) is 2.87. The molecule has 0 aliphatic carbocycles. The second-order valence-electron chi connectivity index (χ2n) is 4.83. The van der Waals surface area contributed by atoms with Gasteiger partial charge in [0, 0.05) is 18.4 Å². The van der Waals surface area contributed by atoms with Crippen LogP contribution in [0.5, 0.6) is 0 Å². The van der Waals surface area contributed by atoms with E-state index in [9.17, 15) is 4.79 Å². The normalized spacial score (nSPS) is 30.1. The van der Waals surface area contributed by atoms with Crippen LogP contribution < -0.4 is 5.32 Å². The summed E-state index contributed by atoms with van der Waals surface area (Å²) in [5.74, 6) is -0.697. The molecule has 2 aliphatic rings. The van der Waals surface area contributed by atoms with Crippen LogP contribution in [-0.4, -0.2) is 39.3 Å². The molecular weight excluding hydrogens is 234 g/mol. The number of aromatic carboxylic acids is 1. The number of carboxylic acids is 1. The molecule has 0 amide bonds. The number of hydrogen-bond acceptors (Lipinski definition) is 5. The van der Waals surface area contributed by atoms with E-state index in [4.69, 9.17) is 9.84 Å². The van der Waals surface area contributed by atoms with Crippen LogP contribution >= 0.6 is 0 Å². The fraction of sp³-hybridized carbons (Fsp3) is 0.583. The predicted octanol–water partition coefficient (Wildman–Crippen LogP) is 1.30. The molecule has 6 nitrogen and oxygen atoms in total. The van der Waals surface area contributed by atoms with Gasteiger partial charge in [0.1, 0.15) is 0 Å². The molecule has 0 radical (unpaired) electrons. The Hall–Kier alpha value is -1.69. The van der Waals surface area contributed by atoms with Crippen LogP contribution in [-0.2, 0) is 4.74 Å². The smallest absolute Gasteiger partial charge is 0.358 e. The highest BCUT2D eigenvalue weighted by molar-refractivity contribution is 5.90. The Balaban J connectivity index is 1.75. The lowest BCUT2D eigenvalue weighted by Crippen LogP contribution is -2.34. The van der Waals surface area contributed by atoms with Crippen LogP contribution in [0.3, 0.4) is 0 Å². The molecule has 3 rings (SSSR count). The number of anilines is 1. The van der Waals surface area contributed by atoms with Gasteiger partial charge in [-0.2, -0.15) is 0 Å². The third-order valence-corrected chi connectivity index (χ3v) is 3.53. The monoisotopic (exact) mass is 249 g/mol. The number of nitrogens with zero attached hydrogens (tertiary/aromatic N) is 2. The highest BCUT2D eigenvalue weighted by atomic mass is 16.5. The third-order valence-electron chi connectivity index (χ3n) is 3.53. The molecule has 1 aromatic rings. The Morgan fingerprint density at radius 1 is 1.28 bits per heavy atom. The van der Waals surface area contributed by atoms with Gasteiger partial charge < -0.3 is 15.2 Å².